The summed E-state index contributed by atoms with van der Waals surface area (Å²) < 4.78 is 0. The van der Waals surface area contributed by atoms with Gasteiger partial charge in [-0.3, -0.25) is 4.79 Å². The third-order valence-electron chi connectivity index (χ3n) is 3.98. The Hall–Kier alpha value is -1.10. The summed E-state index contributed by atoms with van der Waals surface area (Å²) in [6, 6.07) is 0. The third kappa shape index (κ3) is 3.47. The standard InChI is InChI=1S/C14H25N3O2/c1-4-16-6-5-7-17(9-8-16)14(18)13-10-12(11(2)3)15-19-13/h11,13H,4-10H2,1-3H3. The lowest BCUT2D eigenvalue weighted by Gasteiger charge is -2.23. The Kier molecular flexibility index (Phi) is 4.80. The first-order valence-electron chi connectivity index (χ1n) is 7.35. The third-order valence-corrected chi connectivity index (χ3v) is 3.98. The zero-order chi connectivity index (χ0) is 13.8. The van der Waals surface area contributed by atoms with Crippen molar-refractivity contribution in [1.82, 2.24) is 9.80 Å². The topological polar surface area (TPSA) is 45.1 Å². The van der Waals surface area contributed by atoms with E-state index in [0.29, 0.717) is 12.3 Å². The lowest BCUT2D eigenvalue weighted by Crippen LogP contribution is -2.41. The van der Waals surface area contributed by atoms with Crippen LogP contribution in [-0.4, -0.2) is 60.2 Å². The second kappa shape index (κ2) is 6.37. The number of rotatable bonds is 3. The van der Waals surface area contributed by atoms with Crippen LogP contribution in [0.2, 0.25) is 0 Å². The average molecular weight is 267 g/mol. The van der Waals surface area contributed by atoms with Gasteiger partial charge in [0.15, 0.2) is 0 Å². The molecule has 2 aliphatic rings. The van der Waals surface area contributed by atoms with Gasteiger partial charge in [0.25, 0.3) is 5.91 Å². The summed E-state index contributed by atoms with van der Waals surface area (Å²) in [7, 11) is 0. The molecule has 1 atom stereocenters. The summed E-state index contributed by atoms with van der Waals surface area (Å²) >= 11 is 0. The van der Waals surface area contributed by atoms with Gasteiger partial charge in [0.1, 0.15) is 0 Å². The summed E-state index contributed by atoms with van der Waals surface area (Å²) in [5.41, 5.74) is 1.00. The van der Waals surface area contributed by atoms with E-state index in [4.69, 9.17) is 4.84 Å². The number of oxime groups is 1. The first-order chi connectivity index (χ1) is 9.11. The molecule has 1 saturated heterocycles. The average Bonchev–Trinajstić information content (AvgIpc) is 2.77. The minimum atomic E-state index is -0.384. The van der Waals surface area contributed by atoms with E-state index in [9.17, 15) is 4.79 Å². The quantitative estimate of drug-likeness (QED) is 0.775. The highest BCUT2D eigenvalue weighted by Crippen LogP contribution is 2.18. The molecule has 1 amide bonds. The molecule has 1 fully saturated rings. The van der Waals surface area contributed by atoms with Gasteiger partial charge >= 0.3 is 0 Å². The van der Waals surface area contributed by atoms with Gasteiger partial charge in [0.05, 0.1) is 5.71 Å². The molecule has 2 heterocycles. The van der Waals surface area contributed by atoms with Crippen molar-refractivity contribution in [2.45, 2.75) is 39.7 Å². The normalized spacial score (nSPS) is 25.2. The molecule has 0 bridgehead atoms. The number of carbonyl (C=O) groups excluding carboxylic acids is 1. The fraction of sp³-hybridized carbons (Fsp3) is 0.857. The van der Waals surface area contributed by atoms with E-state index < -0.39 is 0 Å². The van der Waals surface area contributed by atoms with Crippen LogP contribution in [0.15, 0.2) is 5.16 Å². The second-order valence-electron chi connectivity index (χ2n) is 5.65. The van der Waals surface area contributed by atoms with E-state index in [2.05, 4.69) is 30.8 Å². The van der Waals surface area contributed by atoms with Crippen LogP contribution in [0.3, 0.4) is 0 Å². The molecule has 0 aliphatic carbocycles. The Balaban J connectivity index is 1.87. The Bertz CT molecular complexity index is 355. The van der Waals surface area contributed by atoms with Crippen molar-refractivity contribution < 1.29 is 9.63 Å². The molecule has 108 valence electrons. The number of amides is 1. The number of nitrogens with zero attached hydrogens (tertiary/aromatic N) is 3. The van der Waals surface area contributed by atoms with Gasteiger partial charge in [-0.05, 0) is 25.4 Å². The molecule has 5 heteroatoms. The lowest BCUT2D eigenvalue weighted by molar-refractivity contribution is -0.141. The monoisotopic (exact) mass is 267 g/mol. The molecule has 0 radical (unpaired) electrons. The van der Waals surface area contributed by atoms with Crippen molar-refractivity contribution in [3.63, 3.8) is 0 Å². The molecule has 1 unspecified atom stereocenters. The minimum Gasteiger partial charge on any atom is -0.382 e. The predicted octanol–water partition coefficient (Wildman–Crippen LogP) is 1.34. The van der Waals surface area contributed by atoms with Crippen LogP contribution in [-0.2, 0) is 9.63 Å². The van der Waals surface area contributed by atoms with Crippen molar-refractivity contribution in [3.05, 3.63) is 0 Å². The lowest BCUT2D eigenvalue weighted by atomic mass is 10.0. The summed E-state index contributed by atoms with van der Waals surface area (Å²) in [5.74, 6) is 0.467. The SMILES string of the molecule is CCN1CCCN(C(=O)C2CC(C(C)C)=NO2)CC1. The van der Waals surface area contributed by atoms with E-state index in [1.54, 1.807) is 0 Å². The van der Waals surface area contributed by atoms with Crippen molar-refractivity contribution in [2.75, 3.05) is 32.7 Å². The van der Waals surface area contributed by atoms with Crippen LogP contribution in [0.5, 0.6) is 0 Å². The van der Waals surface area contributed by atoms with Crippen LogP contribution in [0.4, 0.5) is 0 Å². The van der Waals surface area contributed by atoms with Crippen molar-refractivity contribution in [1.29, 1.82) is 0 Å². The molecular weight excluding hydrogens is 242 g/mol. The summed E-state index contributed by atoms with van der Waals surface area (Å²) in [6.45, 7) is 11.1. The highest BCUT2D eigenvalue weighted by atomic mass is 16.6. The largest absolute Gasteiger partial charge is 0.382 e. The van der Waals surface area contributed by atoms with E-state index in [-0.39, 0.29) is 12.0 Å². The van der Waals surface area contributed by atoms with Crippen LogP contribution < -0.4 is 0 Å². The van der Waals surface area contributed by atoms with Gasteiger partial charge in [0.2, 0.25) is 6.10 Å². The number of hydrogen-bond donors (Lipinski definition) is 0. The summed E-state index contributed by atoms with van der Waals surface area (Å²) in [5, 5.41) is 4.05. The van der Waals surface area contributed by atoms with Gasteiger partial charge in [-0.2, -0.15) is 0 Å². The number of hydrogen-bond acceptors (Lipinski definition) is 4. The maximum absolute atomic E-state index is 12.4. The van der Waals surface area contributed by atoms with Gasteiger partial charge in [-0.1, -0.05) is 25.9 Å². The smallest absolute Gasteiger partial charge is 0.266 e. The summed E-state index contributed by atoms with van der Waals surface area (Å²) in [6.07, 6.45) is 1.32. The summed E-state index contributed by atoms with van der Waals surface area (Å²) in [4.78, 5) is 22.1. The van der Waals surface area contributed by atoms with Crippen LogP contribution in [0.25, 0.3) is 0 Å². The number of likely N-dealkylation sites (N-methyl/N-ethyl adjacent to an activating group) is 1. The maximum Gasteiger partial charge on any atom is 0.266 e. The predicted molar refractivity (Wildman–Crippen MR) is 75.1 cm³/mol. The van der Waals surface area contributed by atoms with E-state index >= 15 is 0 Å². The first kappa shape index (κ1) is 14.3. The van der Waals surface area contributed by atoms with E-state index in [1.807, 2.05) is 4.90 Å². The highest BCUT2D eigenvalue weighted by molar-refractivity contribution is 5.93. The Morgan fingerprint density at radius 2 is 2.16 bits per heavy atom. The van der Waals surface area contributed by atoms with E-state index in [1.165, 1.54) is 0 Å². The fourth-order valence-corrected chi connectivity index (χ4v) is 2.58. The van der Waals surface area contributed by atoms with Crippen molar-refractivity contribution in [3.8, 4) is 0 Å². The van der Waals surface area contributed by atoms with Crippen LogP contribution in [0.1, 0.15) is 33.6 Å². The fourth-order valence-electron chi connectivity index (χ4n) is 2.58. The molecule has 0 N–H and O–H groups in total. The molecule has 5 nitrogen and oxygen atoms in total. The maximum atomic E-state index is 12.4. The van der Waals surface area contributed by atoms with Gasteiger partial charge < -0.3 is 14.6 Å². The van der Waals surface area contributed by atoms with Crippen LogP contribution >= 0.6 is 0 Å². The van der Waals surface area contributed by atoms with Crippen molar-refractivity contribution in [2.24, 2.45) is 11.1 Å². The molecule has 2 rings (SSSR count). The first-order valence-corrected chi connectivity index (χ1v) is 7.35. The van der Waals surface area contributed by atoms with Gasteiger partial charge in [0, 0.05) is 26.1 Å². The number of carbonyl (C=O) groups is 1. The molecule has 19 heavy (non-hydrogen) atoms. The van der Waals surface area contributed by atoms with Gasteiger partial charge in [-0.15, -0.1) is 0 Å². The Morgan fingerprint density at radius 3 is 2.79 bits per heavy atom. The minimum absolute atomic E-state index is 0.109. The second-order valence-corrected chi connectivity index (χ2v) is 5.65. The Labute approximate surface area is 115 Å². The van der Waals surface area contributed by atoms with E-state index in [0.717, 1.165) is 44.9 Å². The molecule has 2 aliphatic heterocycles. The zero-order valence-electron chi connectivity index (χ0n) is 12.3. The Morgan fingerprint density at radius 1 is 1.37 bits per heavy atom. The molecule has 0 aromatic carbocycles. The molecular formula is C14H25N3O2. The zero-order valence-corrected chi connectivity index (χ0v) is 12.3. The van der Waals surface area contributed by atoms with Gasteiger partial charge in [-0.25, -0.2) is 0 Å². The highest BCUT2D eigenvalue weighted by Gasteiger charge is 2.33. The van der Waals surface area contributed by atoms with Crippen molar-refractivity contribution >= 4 is 11.6 Å². The molecule has 0 saturated carbocycles. The molecule has 0 aromatic rings. The molecule has 0 spiro atoms. The molecule has 0 aromatic heterocycles. The van der Waals surface area contributed by atoms with Crippen LogP contribution in [0, 0.1) is 5.92 Å².